The van der Waals surface area contributed by atoms with Gasteiger partial charge in [0.25, 0.3) is 0 Å². The van der Waals surface area contributed by atoms with Gasteiger partial charge in [0.2, 0.25) is 5.13 Å². The van der Waals surface area contributed by atoms with Crippen LogP contribution in [-0.4, -0.2) is 34.7 Å². The van der Waals surface area contributed by atoms with Crippen molar-refractivity contribution in [2.24, 2.45) is 0 Å². The number of nitro groups is 1. The van der Waals surface area contributed by atoms with Crippen LogP contribution in [0.5, 0.6) is 0 Å². The van der Waals surface area contributed by atoms with E-state index in [4.69, 9.17) is 0 Å². The van der Waals surface area contributed by atoms with Gasteiger partial charge in [-0.1, -0.05) is 41.7 Å². The SMILES string of the molecule is Cc1cc([N+](=O)[O-])nn1[C@@H](C)c1nnc(Nc2ccn(Cc3ccccc3)n2)s1. The van der Waals surface area contributed by atoms with E-state index in [1.54, 1.807) is 11.6 Å². The van der Waals surface area contributed by atoms with Crippen LogP contribution in [0.1, 0.15) is 29.2 Å². The van der Waals surface area contributed by atoms with Crippen molar-refractivity contribution in [1.82, 2.24) is 29.8 Å². The predicted octanol–water partition coefficient (Wildman–Crippen LogP) is 3.55. The molecule has 1 aromatic carbocycles. The van der Waals surface area contributed by atoms with Gasteiger partial charge in [-0.3, -0.25) is 4.68 Å². The lowest BCUT2D eigenvalue weighted by molar-refractivity contribution is -0.389. The number of benzene rings is 1. The second-order valence-corrected chi connectivity index (χ2v) is 7.49. The zero-order valence-corrected chi connectivity index (χ0v) is 16.6. The predicted molar refractivity (Wildman–Crippen MR) is 108 cm³/mol. The van der Waals surface area contributed by atoms with Crippen LogP contribution in [-0.2, 0) is 6.54 Å². The first-order chi connectivity index (χ1) is 14.0. The summed E-state index contributed by atoms with van der Waals surface area (Å²) in [6.07, 6.45) is 1.89. The van der Waals surface area contributed by atoms with E-state index in [0.717, 1.165) is 5.56 Å². The summed E-state index contributed by atoms with van der Waals surface area (Å²) >= 11 is 1.36. The average molecular weight is 410 g/mol. The van der Waals surface area contributed by atoms with Crippen LogP contribution in [0.3, 0.4) is 0 Å². The molecule has 4 aromatic rings. The molecule has 0 radical (unpaired) electrons. The molecule has 148 valence electrons. The van der Waals surface area contributed by atoms with Crippen molar-refractivity contribution in [3.63, 3.8) is 0 Å². The van der Waals surface area contributed by atoms with Gasteiger partial charge in [-0.2, -0.15) is 9.78 Å². The van der Waals surface area contributed by atoms with E-state index in [9.17, 15) is 10.1 Å². The molecule has 4 rings (SSSR count). The molecule has 0 fully saturated rings. The normalized spacial score (nSPS) is 12.1. The summed E-state index contributed by atoms with van der Waals surface area (Å²) in [6, 6.07) is 13.1. The lowest BCUT2D eigenvalue weighted by Gasteiger charge is -2.05. The summed E-state index contributed by atoms with van der Waals surface area (Å²) in [4.78, 5) is 10.4. The summed E-state index contributed by atoms with van der Waals surface area (Å²) in [5, 5.41) is 32.3. The number of hydrogen-bond acceptors (Lipinski definition) is 8. The van der Waals surface area contributed by atoms with E-state index in [1.807, 2.05) is 42.1 Å². The maximum Gasteiger partial charge on any atom is 0.390 e. The van der Waals surface area contributed by atoms with Gasteiger partial charge in [-0.15, -0.1) is 10.2 Å². The second kappa shape index (κ2) is 7.80. The Bertz CT molecular complexity index is 1130. The van der Waals surface area contributed by atoms with Gasteiger partial charge in [-0.05, 0) is 24.3 Å². The summed E-state index contributed by atoms with van der Waals surface area (Å²) in [5.41, 5.74) is 1.85. The third-order valence-electron chi connectivity index (χ3n) is 4.32. The van der Waals surface area contributed by atoms with Crippen LogP contribution >= 0.6 is 11.3 Å². The minimum absolute atomic E-state index is 0.179. The quantitative estimate of drug-likeness (QED) is 0.366. The van der Waals surface area contributed by atoms with E-state index in [2.05, 4.69) is 37.8 Å². The zero-order chi connectivity index (χ0) is 20.4. The summed E-state index contributed by atoms with van der Waals surface area (Å²) in [7, 11) is 0. The van der Waals surface area contributed by atoms with Crippen molar-refractivity contribution in [3.05, 3.63) is 75.0 Å². The summed E-state index contributed by atoms with van der Waals surface area (Å²) in [5.74, 6) is 0.489. The maximum absolute atomic E-state index is 10.9. The van der Waals surface area contributed by atoms with Crippen LogP contribution < -0.4 is 5.32 Å². The van der Waals surface area contributed by atoms with E-state index in [1.165, 1.54) is 17.4 Å². The molecule has 0 aliphatic carbocycles. The van der Waals surface area contributed by atoms with E-state index >= 15 is 0 Å². The first kappa shape index (κ1) is 18.7. The number of aryl methyl sites for hydroxylation is 1. The lowest BCUT2D eigenvalue weighted by Crippen LogP contribution is -2.10. The molecular formula is C18H18N8O2S. The van der Waals surface area contributed by atoms with Crippen LogP contribution in [0.15, 0.2) is 48.7 Å². The molecule has 0 saturated carbocycles. The van der Waals surface area contributed by atoms with Crippen molar-refractivity contribution < 1.29 is 4.92 Å². The number of hydrogen-bond donors (Lipinski definition) is 1. The number of nitrogens with one attached hydrogen (secondary N) is 1. The molecule has 10 nitrogen and oxygen atoms in total. The molecule has 0 amide bonds. The molecule has 11 heteroatoms. The van der Waals surface area contributed by atoms with Crippen LogP contribution in [0.2, 0.25) is 0 Å². The average Bonchev–Trinajstić information content (AvgIpc) is 3.43. The van der Waals surface area contributed by atoms with Gasteiger partial charge in [-0.25, -0.2) is 0 Å². The zero-order valence-electron chi connectivity index (χ0n) is 15.8. The number of anilines is 2. The van der Waals surface area contributed by atoms with Gasteiger partial charge < -0.3 is 15.4 Å². The summed E-state index contributed by atoms with van der Waals surface area (Å²) < 4.78 is 3.42. The van der Waals surface area contributed by atoms with Gasteiger partial charge >= 0.3 is 5.82 Å². The van der Waals surface area contributed by atoms with Gasteiger partial charge in [0.1, 0.15) is 11.0 Å². The van der Waals surface area contributed by atoms with Crippen molar-refractivity contribution in [2.45, 2.75) is 26.4 Å². The molecule has 0 bridgehead atoms. The Balaban J connectivity index is 1.45. The second-order valence-electron chi connectivity index (χ2n) is 6.48. The molecule has 3 heterocycles. The topological polar surface area (TPSA) is 117 Å². The van der Waals surface area contributed by atoms with E-state index in [0.29, 0.717) is 28.2 Å². The Morgan fingerprint density at radius 1 is 1.21 bits per heavy atom. The van der Waals surface area contributed by atoms with Crippen LogP contribution in [0.4, 0.5) is 16.8 Å². The fourth-order valence-corrected chi connectivity index (χ4v) is 3.69. The summed E-state index contributed by atoms with van der Waals surface area (Å²) in [6.45, 7) is 4.33. The van der Waals surface area contributed by atoms with Gasteiger partial charge in [0.05, 0.1) is 23.4 Å². The Kier molecular flexibility index (Phi) is 5.04. The van der Waals surface area contributed by atoms with Crippen LogP contribution in [0, 0.1) is 17.0 Å². The molecule has 0 spiro atoms. The van der Waals surface area contributed by atoms with E-state index in [-0.39, 0.29) is 11.9 Å². The first-order valence-electron chi connectivity index (χ1n) is 8.88. The van der Waals surface area contributed by atoms with Gasteiger partial charge in [0.15, 0.2) is 5.82 Å². The van der Waals surface area contributed by atoms with Gasteiger partial charge in [0, 0.05) is 12.3 Å². The number of nitrogens with zero attached hydrogens (tertiary/aromatic N) is 7. The molecule has 0 aliphatic rings. The Labute approximate surface area is 170 Å². The third-order valence-corrected chi connectivity index (χ3v) is 5.33. The Hall–Kier alpha value is -3.60. The highest BCUT2D eigenvalue weighted by atomic mass is 32.1. The van der Waals surface area contributed by atoms with Crippen molar-refractivity contribution in [1.29, 1.82) is 0 Å². The highest BCUT2D eigenvalue weighted by Crippen LogP contribution is 2.28. The molecule has 1 atom stereocenters. The Morgan fingerprint density at radius 3 is 2.72 bits per heavy atom. The Morgan fingerprint density at radius 2 is 2.00 bits per heavy atom. The first-order valence-corrected chi connectivity index (χ1v) is 9.69. The highest BCUT2D eigenvalue weighted by Gasteiger charge is 2.23. The van der Waals surface area contributed by atoms with Crippen molar-refractivity contribution in [2.75, 3.05) is 5.32 Å². The van der Waals surface area contributed by atoms with Crippen molar-refractivity contribution in [3.8, 4) is 0 Å². The van der Waals surface area contributed by atoms with Crippen molar-refractivity contribution >= 4 is 28.1 Å². The molecule has 3 aromatic heterocycles. The van der Waals surface area contributed by atoms with E-state index < -0.39 is 4.92 Å². The standard InChI is InChI=1S/C18H18N8O2S/c1-12-10-16(26(27)28)23-25(12)13(2)17-20-21-18(29-17)19-15-8-9-24(22-15)11-14-6-4-3-5-7-14/h3-10,13H,11H2,1-2H3,(H,19,21,22)/t13-/m0/s1. The largest absolute Gasteiger partial charge is 0.390 e. The fourth-order valence-electron chi connectivity index (χ4n) is 2.91. The highest BCUT2D eigenvalue weighted by molar-refractivity contribution is 7.15. The lowest BCUT2D eigenvalue weighted by atomic mass is 10.2. The third kappa shape index (κ3) is 4.14. The smallest absolute Gasteiger partial charge is 0.358 e. The molecule has 0 aliphatic heterocycles. The minimum Gasteiger partial charge on any atom is -0.358 e. The van der Waals surface area contributed by atoms with Crippen LogP contribution in [0.25, 0.3) is 0 Å². The number of aromatic nitrogens is 6. The minimum atomic E-state index is -0.505. The molecule has 0 saturated heterocycles. The molecule has 0 unspecified atom stereocenters. The fraction of sp³-hybridized carbons (Fsp3) is 0.222. The molecular weight excluding hydrogens is 392 g/mol. The number of rotatable bonds is 7. The molecule has 1 N–H and O–H groups in total. The maximum atomic E-state index is 10.9. The monoisotopic (exact) mass is 410 g/mol. The molecule has 29 heavy (non-hydrogen) atoms.